The lowest BCUT2D eigenvalue weighted by Gasteiger charge is -2.11. The van der Waals surface area contributed by atoms with Crippen molar-refractivity contribution >= 4 is 0 Å². The Morgan fingerprint density at radius 1 is 0.875 bits per heavy atom. The molecule has 0 radical (unpaired) electrons. The Kier molecular flexibility index (Phi) is 16.5. The van der Waals surface area contributed by atoms with Crippen molar-refractivity contribution in [2.45, 2.75) is 111 Å². The standard InChI is InChI=1S/C24H44/c1-6-9-10-11-12-13-14-18-24(21-20-23(5)8-3)19-16-15-17-22(4)7-2/h8,18,23H,3-4,6-7,9-17,19-21H2,1-2,5H3. The van der Waals surface area contributed by atoms with Crippen molar-refractivity contribution in [1.29, 1.82) is 0 Å². The lowest BCUT2D eigenvalue weighted by Crippen LogP contribution is -1.93. The van der Waals surface area contributed by atoms with Crippen molar-refractivity contribution < 1.29 is 0 Å². The molecule has 1 atom stereocenters. The maximum absolute atomic E-state index is 4.13. The van der Waals surface area contributed by atoms with E-state index in [1.807, 2.05) is 0 Å². The molecule has 0 aliphatic heterocycles. The first-order valence-corrected chi connectivity index (χ1v) is 10.6. The van der Waals surface area contributed by atoms with Crippen LogP contribution in [0.1, 0.15) is 111 Å². The van der Waals surface area contributed by atoms with Gasteiger partial charge in [-0.1, -0.05) is 82.8 Å². The quantitative estimate of drug-likeness (QED) is 0.184. The van der Waals surface area contributed by atoms with Crippen LogP contribution in [0.4, 0.5) is 0 Å². The normalized spacial score (nSPS) is 13.0. The number of allylic oxidation sites excluding steroid dienone is 4. The zero-order chi connectivity index (χ0) is 18.0. The van der Waals surface area contributed by atoms with E-state index in [2.05, 4.69) is 46.1 Å². The van der Waals surface area contributed by atoms with E-state index in [1.165, 1.54) is 89.0 Å². The van der Waals surface area contributed by atoms with E-state index < -0.39 is 0 Å². The van der Waals surface area contributed by atoms with Gasteiger partial charge in [0.15, 0.2) is 0 Å². The van der Waals surface area contributed by atoms with Crippen LogP contribution >= 0.6 is 0 Å². The van der Waals surface area contributed by atoms with Gasteiger partial charge in [0.05, 0.1) is 0 Å². The van der Waals surface area contributed by atoms with Crippen molar-refractivity contribution in [3.05, 3.63) is 36.5 Å². The maximum Gasteiger partial charge on any atom is -0.0262 e. The Morgan fingerprint density at radius 2 is 1.54 bits per heavy atom. The highest BCUT2D eigenvalue weighted by atomic mass is 14.1. The number of rotatable bonds is 17. The van der Waals surface area contributed by atoms with Gasteiger partial charge in [-0.25, -0.2) is 0 Å². The highest BCUT2D eigenvalue weighted by molar-refractivity contribution is 5.03. The SMILES string of the molecule is C=CC(C)CCC(=CCCCCCCCC)CCCCC(=C)CC. The van der Waals surface area contributed by atoms with E-state index in [1.54, 1.807) is 5.57 Å². The van der Waals surface area contributed by atoms with Crippen molar-refractivity contribution in [3.63, 3.8) is 0 Å². The molecule has 0 aliphatic rings. The number of hydrogen-bond donors (Lipinski definition) is 0. The molecule has 0 fully saturated rings. The number of unbranched alkanes of at least 4 members (excludes halogenated alkanes) is 7. The van der Waals surface area contributed by atoms with Crippen molar-refractivity contribution in [3.8, 4) is 0 Å². The Balaban J connectivity index is 4.08. The predicted molar refractivity (Wildman–Crippen MR) is 113 cm³/mol. The highest BCUT2D eigenvalue weighted by Gasteiger charge is 2.02. The maximum atomic E-state index is 4.13. The van der Waals surface area contributed by atoms with E-state index in [0.717, 1.165) is 6.42 Å². The molecule has 0 heteroatoms. The minimum Gasteiger partial charge on any atom is -0.103 e. The molecule has 140 valence electrons. The van der Waals surface area contributed by atoms with Gasteiger partial charge in [-0.05, 0) is 63.7 Å². The van der Waals surface area contributed by atoms with Crippen molar-refractivity contribution in [1.82, 2.24) is 0 Å². The van der Waals surface area contributed by atoms with Crippen LogP contribution in [0.3, 0.4) is 0 Å². The van der Waals surface area contributed by atoms with Crippen molar-refractivity contribution in [2.24, 2.45) is 5.92 Å². The molecule has 0 saturated heterocycles. The van der Waals surface area contributed by atoms with Gasteiger partial charge in [-0.3, -0.25) is 0 Å². The van der Waals surface area contributed by atoms with Crippen LogP contribution in [0.2, 0.25) is 0 Å². The molecule has 0 heterocycles. The molecule has 0 nitrogen and oxygen atoms in total. The molecule has 0 rings (SSSR count). The molecule has 0 N–H and O–H groups in total. The monoisotopic (exact) mass is 332 g/mol. The summed E-state index contributed by atoms with van der Waals surface area (Å²) < 4.78 is 0. The largest absolute Gasteiger partial charge is 0.103 e. The van der Waals surface area contributed by atoms with Gasteiger partial charge in [0.2, 0.25) is 0 Å². The molecule has 24 heavy (non-hydrogen) atoms. The molecular weight excluding hydrogens is 288 g/mol. The van der Waals surface area contributed by atoms with E-state index in [9.17, 15) is 0 Å². The fourth-order valence-corrected chi connectivity index (χ4v) is 2.99. The molecule has 0 aromatic carbocycles. The molecular formula is C24H44. The third-order valence-corrected chi connectivity index (χ3v) is 5.09. The third-order valence-electron chi connectivity index (χ3n) is 5.09. The molecule has 1 unspecified atom stereocenters. The summed E-state index contributed by atoms with van der Waals surface area (Å²) in [5.41, 5.74) is 3.10. The van der Waals surface area contributed by atoms with E-state index in [-0.39, 0.29) is 0 Å². The van der Waals surface area contributed by atoms with Gasteiger partial charge in [-0.15, -0.1) is 6.58 Å². The van der Waals surface area contributed by atoms with Crippen molar-refractivity contribution in [2.75, 3.05) is 0 Å². The van der Waals surface area contributed by atoms with Crippen LogP contribution in [0.15, 0.2) is 36.5 Å². The average molecular weight is 333 g/mol. The lowest BCUT2D eigenvalue weighted by atomic mass is 9.95. The van der Waals surface area contributed by atoms with Crippen LogP contribution < -0.4 is 0 Å². The second-order valence-corrected chi connectivity index (χ2v) is 7.48. The van der Waals surface area contributed by atoms with E-state index in [0.29, 0.717) is 5.92 Å². The minimum absolute atomic E-state index is 0.641. The predicted octanol–water partition coefficient (Wildman–Crippen LogP) is 8.79. The summed E-state index contributed by atoms with van der Waals surface area (Å²) in [5, 5.41) is 0. The Labute approximate surface area is 153 Å². The zero-order valence-corrected chi connectivity index (χ0v) is 17.0. The number of hydrogen-bond acceptors (Lipinski definition) is 0. The van der Waals surface area contributed by atoms with Gasteiger partial charge in [0, 0.05) is 0 Å². The topological polar surface area (TPSA) is 0 Å². The zero-order valence-electron chi connectivity index (χ0n) is 17.0. The van der Waals surface area contributed by atoms with Crippen LogP contribution in [-0.2, 0) is 0 Å². The molecule has 0 bridgehead atoms. The summed E-state index contributed by atoms with van der Waals surface area (Å²) in [5.74, 6) is 0.641. The van der Waals surface area contributed by atoms with Crippen LogP contribution in [-0.4, -0.2) is 0 Å². The summed E-state index contributed by atoms with van der Waals surface area (Å²) in [6.45, 7) is 14.8. The molecule has 0 aromatic rings. The molecule has 0 spiro atoms. The molecule has 0 saturated carbocycles. The van der Waals surface area contributed by atoms with Crippen LogP contribution in [0.25, 0.3) is 0 Å². The van der Waals surface area contributed by atoms with Gasteiger partial charge in [0.25, 0.3) is 0 Å². The summed E-state index contributed by atoms with van der Waals surface area (Å²) in [6.07, 6.45) is 23.1. The van der Waals surface area contributed by atoms with Crippen LogP contribution in [0, 0.1) is 5.92 Å². The van der Waals surface area contributed by atoms with Gasteiger partial charge < -0.3 is 0 Å². The first kappa shape index (κ1) is 23.2. The summed E-state index contributed by atoms with van der Waals surface area (Å²) in [4.78, 5) is 0. The fourth-order valence-electron chi connectivity index (χ4n) is 2.99. The second kappa shape index (κ2) is 17.1. The Morgan fingerprint density at radius 3 is 2.21 bits per heavy atom. The Bertz CT molecular complexity index is 334. The molecule has 0 amide bonds. The third kappa shape index (κ3) is 14.8. The summed E-state index contributed by atoms with van der Waals surface area (Å²) in [6, 6.07) is 0. The Hall–Kier alpha value is -0.780. The lowest BCUT2D eigenvalue weighted by molar-refractivity contribution is 0.601. The average Bonchev–Trinajstić information content (AvgIpc) is 2.60. The highest BCUT2D eigenvalue weighted by Crippen LogP contribution is 2.21. The second-order valence-electron chi connectivity index (χ2n) is 7.48. The summed E-state index contributed by atoms with van der Waals surface area (Å²) in [7, 11) is 0. The molecule has 0 aliphatic carbocycles. The van der Waals surface area contributed by atoms with Gasteiger partial charge in [0.1, 0.15) is 0 Å². The van der Waals surface area contributed by atoms with Gasteiger partial charge in [-0.2, -0.15) is 0 Å². The minimum atomic E-state index is 0.641. The summed E-state index contributed by atoms with van der Waals surface area (Å²) >= 11 is 0. The fraction of sp³-hybridized carbons (Fsp3) is 0.750. The van der Waals surface area contributed by atoms with Gasteiger partial charge >= 0.3 is 0 Å². The first-order chi connectivity index (χ1) is 11.6. The van der Waals surface area contributed by atoms with E-state index >= 15 is 0 Å². The van der Waals surface area contributed by atoms with E-state index in [4.69, 9.17) is 0 Å². The van der Waals surface area contributed by atoms with Crippen LogP contribution in [0.5, 0.6) is 0 Å². The first-order valence-electron chi connectivity index (χ1n) is 10.6. The smallest absolute Gasteiger partial charge is 0.0262 e. The molecule has 0 aromatic heterocycles.